The molecule has 1 aliphatic rings. The van der Waals surface area contributed by atoms with Crippen molar-refractivity contribution in [2.75, 3.05) is 11.9 Å². The van der Waals surface area contributed by atoms with Gasteiger partial charge in [0.1, 0.15) is 5.82 Å². The number of anilines is 1. The topological polar surface area (TPSA) is 66.9 Å². The Bertz CT molecular complexity index is 622. The fraction of sp³-hybridized carbons (Fsp3) is 0.357. The van der Waals surface area contributed by atoms with Crippen LogP contribution in [-0.4, -0.2) is 27.9 Å². The first kappa shape index (κ1) is 14.1. The number of amides is 1. The van der Waals surface area contributed by atoms with Gasteiger partial charge in [-0.15, -0.1) is 0 Å². The zero-order valence-corrected chi connectivity index (χ0v) is 12.1. The first-order valence-electron chi connectivity index (χ1n) is 6.86. The lowest BCUT2D eigenvalue weighted by atomic mass is 10.0. The maximum absolute atomic E-state index is 12.9. The number of carbonyl (C=O) groups excluding carboxylic acids is 1. The summed E-state index contributed by atoms with van der Waals surface area (Å²) in [6, 6.07) is 5.80. The summed E-state index contributed by atoms with van der Waals surface area (Å²) < 4.78 is 17.1. The van der Waals surface area contributed by atoms with Gasteiger partial charge in [0, 0.05) is 17.1 Å². The van der Waals surface area contributed by atoms with Crippen LogP contribution in [0, 0.1) is 5.82 Å². The van der Waals surface area contributed by atoms with Gasteiger partial charge in [-0.3, -0.25) is 10.1 Å². The van der Waals surface area contributed by atoms with Gasteiger partial charge < -0.3 is 5.32 Å². The summed E-state index contributed by atoms with van der Waals surface area (Å²) in [4.78, 5) is 16.3. The Morgan fingerprint density at radius 3 is 2.86 bits per heavy atom. The predicted molar refractivity (Wildman–Crippen MR) is 79.6 cm³/mol. The van der Waals surface area contributed by atoms with Gasteiger partial charge in [-0.1, -0.05) is 6.42 Å². The van der Waals surface area contributed by atoms with E-state index in [0.29, 0.717) is 11.0 Å². The van der Waals surface area contributed by atoms with E-state index in [4.69, 9.17) is 0 Å². The van der Waals surface area contributed by atoms with Crippen LogP contribution >= 0.6 is 11.5 Å². The molecule has 110 valence electrons. The number of nitrogens with zero attached hydrogens (tertiary/aromatic N) is 2. The molecule has 0 radical (unpaired) electrons. The third-order valence-electron chi connectivity index (χ3n) is 3.39. The number of carbonyl (C=O) groups is 1. The van der Waals surface area contributed by atoms with Gasteiger partial charge in [0.2, 0.25) is 11.0 Å². The zero-order valence-electron chi connectivity index (χ0n) is 11.3. The maximum atomic E-state index is 12.9. The molecule has 1 saturated heterocycles. The Morgan fingerprint density at radius 1 is 1.33 bits per heavy atom. The van der Waals surface area contributed by atoms with Crippen molar-refractivity contribution in [1.29, 1.82) is 0 Å². The molecule has 3 rings (SSSR count). The number of hydrogen-bond acceptors (Lipinski definition) is 5. The van der Waals surface area contributed by atoms with E-state index < -0.39 is 0 Å². The summed E-state index contributed by atoms with van der Waals surface area (Å²) in [5.41, 5.74) is 0.726. The number of hydrogen-bond donors (Lipinski definition) is 2. The van der Waals surface area contributed by atoms with Crippen molar-refractivity contribution in [1.82, 2.24) is 14.7 Å². The van der Waals surface area contributed by atoms with E-state index in [9.17, 15) is 9.18 Å². The first-order chi connectivity index (χ1) is 10.2. The molecule has 1 aliphatic heterocycles. The summed E-state index contributed by atoms with van der Waals surface area (Å²) in [6.45, 7) is 0.870. The molecule has 0 spiro atoms. The Balaban J connectivity index is 1.67. The molecule has 7 heteroatoms. The second-order valence-corrected chi connectivity index (χ2v) is 5.67. The molecule has 2 heterocycles. The highest BCUT2D eigenvalue weighted by Crippen LogP contribution is 2.21. The molecule has 1 unspecified atom stereocenters. The average Bonchev–Trinajstić information content (AvgIpc) is 2.97. The molecule has 1 atom stereocenters. The first-order valence-corrected chi connectivity index (χ1v) is 7.63. The quantitative estimate of drug-likeness (QED) is 0.914. The van der Waals surface area contributed by atoms with Crippen LogP contribution < -0.4 is 10.6 Å². The van der Waals surface area contributed by atoms with Crippen LogP contribution in [0.5, 0.6) is 0 Å². The minimum Gasteiger partial charge on any atom is -0.306 e. The Kier molecular flexibility index (Phi) is 4.21. The third kappa shape index (κ3) is 3.43. The van der Waals surface area contributed by atoms with Gasteiger partial charge in [-0.05, 0) is 43.7 Å². The minimum atomic E-state index is -0.300. The van der Waals surface area contributed by atoms with Gasteiger partial charge in [-0.2, -0.15) is 9.36 Å². The molecule has 0 saturated carbocycles. The molecule has 2 aromatic rings. The monoisotopic (exact) mass is 306 g/mol. The zero-order chi connectivity index (χ0) is 14.7. The predicted octanol–water partition coefficient (Wildman–Crippen LogP) is 2.42. The van der Waals surface area contributed by atoms with E-state index in [1.54, 1.807) is 12.1 Å². The fourth-order valence-corrected chi connectivity index (χ4v) is 2.85. The van der Waals surface area contributed by atoms with E-state index >= 15 is 0 Å². The number of nitrogens with one attached hydrogen (secondary N) is 2. The summed E-state index contributed by atoms with van der Waals surface area (Å²) in [6.07, 6.45) is 3.01. The number of benzene rings is 1. The normalized spacial score (nSPS) is 18.4. The smallest absolute Gasteiger partial charge is 0.243 e. The second kappa shape index (κ2) is 6.28. The fourth-order valence-electron chi connectivity index (χ4n) is 2.26. The van der Waals surface area contributed by atoms with Crippen LogP contribution in [0.25, 0.3) is 11.4 Å². The second-order valence-electron chi connectivity index (χ2n) is 4.92. The van der Waals surface area contributed by atoms with Gasteiger partial charge in [0.25, 0.3) is 0 Å². The van der Waals surface area contributed by atoms with Crippen LogP contribution in [0.15, 0.2) is 24.3 Å². The summed E-state index contributed by atoms with van der Waals surface area (Å²) >= 11 is 1.13. The van der Waals surface area contributed by atoms with Crippen molar-refractivity contribution in [3.05, 3.63) is 30.1 Å². The summed E-state index contributed by atoms with van der Waals surface area (Å²) in [5.74, 6) is 0.120. The Hall–Kier alpha value is -1.86. The van der Waals surface area contributed by atoms with Crippen LogP contribution in [0.3, 0.4) is 0 Å². The van der Waals surface area contributed by atoms with Crippen LogP contribution in [0.4, 0.5) is 9.52 Å². The van der Waals surface area contributed by atoms with Crippen molar-refractivity contribution in [3.63, 3.8) is 0 Å². The summed E-state index contributed by atoms with van der Waals surface area (Å²) in [5, 5.41) is 6.43. The number of halogens is 1. The lowest BCUT2D eigenvalue weighted by Crippen LogP contribution is -2.43. The SMILES string of the molecule is O=C(Nc1nc(-c2ccc(F)cc2)ns1)C1CCCCN1. The molecule has 1 fully saturated rings. The third-order valence-corrected chi connectivity index (χ3v) is 4.02. The minimum absolute atomic E-state index is 0.0727. The molecule has 0 aliphatic carbocycles. The van der Waals surface area contributed by atoms with Crippen molar-refractivity contribution in [3.8, 4) is 11.4 Å². The van der Waals surface area contributed by atoms with Crippen LogP contribution in [0.1, 0.15) is 19.3 Å². The average molecular weight is 306 g/mol. The van der Waals surface area contributed by atoms with Crippen LogP contribution in [-0.2, 0) is 4.79 Å². The molecule has 5 nitrogen and oxygen atoms in total. The molecular weight excluding hydrogens is 291 g/mol. The molecule has 1 aromatic carbocycles. The van der Waals surface area contributed by atoms with E-state index in [0.717, 1.165) is 42.9 Å². The molecule has 2 N–H and O–H groups in total. The van der Waals surface area contributed by atoms with Gasteiger partial charge in [-0.25, -0.2) is 4.39 Å². The number of aromatic nitrogens is 2. The van der Waals surface area contributed by atoms with Gasteiger partial charge in [0.05, 0.1) is 6.04 Å². The lowest BCUT2D eigenvalue weighted by Gasteiger charge is -2.21. The lowest BCUT2D eigenvalue weighted by molar-refractivity contribution is -0.118. The van der Waals surface area contributed by atoms with E-state index in [1.165, 1.54) is 12.1 Å². The van der Waals surface area contributed by atoms with E-state index in [1.807, 2.05) is 0 Å². The van der Waals surface area contributed by atoms with Crippen molar-refractivity contribution >= 4 is 22.6 Å². The van der Waals surface area contributed by atoms with Crippen molar-refractivity contribution < 1.29 is 9.18 Å². The standard InChI is InChI=1S/C14H15FN4OS/c15-10-6-4-9(5-7-10)12-17-14(21-19-12)18-13(20)11-3-1-2-8-16-11/h4-7,11,16H,1-3,8H2,(H,17,18,19,20). The molecule has 1 amide bonds. The maximum Gasteiger partial charge on any atom is 0.243 e. The van der Waals surface area contributed by atoms with Crippen LogP contribution in [0.2, 0.25) is 0 Å². The molecule has 21 heavy (non-hydrogen) atoms. The Morgan fingerprint density at radius 2 is 2.14 bits per heavy atom. The van der Waals surface area contributed by atoms with Gasteiger partial charge >= 0.3 is 0 Å². The van der Waals surface area contributed by atoms with Crippen molar-refractivity contribution in [2.45, 2.75) is 25.3 Å². The highest BCUT2D eigenvalue weighted by atomic mass is 32.1. The Labute approximate surface area is 125 Å². The van der Waals surface area contributed by atoms with E-state index in [2.05, 4.69) is 20.0 Å². The highest BCUT2D eigenvalue weighted by Gasteiger charge is 2.21. The van der Waals surface area contributed by atoms with E-state index in [-0.39, 0.29) is 17.8 Å². The summed E-state index contributed by atoms with van der Waals surface area (Å²) in [7, 11) is 0. The van der Waals surface area contributed by atoms with Crippen molar-refractivity contribution in [2.24, 2.45) is 0 Å². The molecular formula is C14H15FN4OS. The largest absolute Gasteiger partial charge is 0.306 e. The number of piperidine rings is 1. The highest BCUT2D eigenvalue weighted by molar-refractivity contribution is 7.10. The van der Waals surface area contributed by atoms with Gasteiger partial charge in [0.15, 0.2) is 5.82 Å². The molecule has 0 bridgehead atoms. The number of rotatable bonds is 3. The molecule has 1 aromatic heterocycles.